The van der Waals surface area contributed by atoms with Crippen LogP contribution in [-0.2, 0) is 11.6 Å². The lowest BCUT2D eigenvalue weighted by atomic mass is 9.91. The first-order valence-corrected chi connectivity index (χ1v) is 25.5. The largest absolute Gasteiger partial charge is 0.360 e. The fourth-order valence-corrected chi connectivity index (χ4v) is 10.2. The van der Waals surface area contributed by atoms with E-state index in [0.717, 1.165) is 121 Å². The van der Waals surface area contributed by atoms with Gasteiger partial charge in [0.1, 0.15) is 10.0 Å². The molecule has 17 heteroatoms. The van der Waals surface area contributed by atoms with E-state index in [1.165, 1.54) is 0 Å². The molecule has 0 radical (unpaired) electrons. The van der Waals surface area contributed by atoms with Gasteiger partial charge in [0, 0.05) is 128 Å². The lowest BCUT2D eigenvalue weighted by Gasteiger charge is -2.36. The maximum absolute atomic E-state index is 8.29. The van der Waals surface area contributed by atoms with Crippen LogP contribution in [0.5, 0.6) is 0 Å². The molecule has 0 aliphatic carbocycles. The van der Waals surface area contributed by atoms with E-state index in [9.17, 15) is 0 Å². The lowest BCUT2D eigenvalue weighted by Crippen LogP contribution is -2.50. The quantitative estimate of drug-likeness (QED) is 0.0925. The van der Waals surface area contributed by atoms with E-state index < -0.39 is 11.6 Å². The van der Waals surface area contributed by atoms with Gasteiger partial charge in [-0.1, -0.05) is 42.5 Å². The third kappa shape index (κ3) is 11.0. The highest BCUT2D eigenvalue weighted by molar-refractivity contribution is 7.51. The van der Waals surface area contributed by atoms with Crippen molar-refractivity contribution in [1.82, 2.24) is 50.1 Å². The summed E-state index contributed by atoms with van der Waals surface area (Å²) < 4.78 is 18.8. The number of aryl methyl sites for hydroxylation is 2. The molecule has 354 valence electrons. The Morgan fingerprint density at radius 2 is 1.22 bits per heavy atom. The summed E-state index contributed by atoms with van der Waals surface area (Å²) in [5, 5.41) is 22.7. The number of piperidine rings is 2. The first-order valence-electron chi connectivity index (χ1n) is 23.1. The minimum atomic E-state index is -0.750. The molecule has 0 spiro atoms. The van der Waals surface area contributed by atoms with Crippen LogP contribution in [0.4, 0.5) is 11.9 Å². The highest BCUT2D eigenvalue weighted by Crippen LogP contribution is 2.37. The number of hydrogen-bond donors (Lipinski definition) is 5. The number of anilines is 2. The van der Waals surface area contributed by atoms with E-state index in [0.29, 0.717) is 24.0 Å². The molecule has 2 atom stereocenters. The number of benzene rings is 3. The number of rotatable bonds is 9. The molecule has 2 aliphatic heterocycles. The van der Waals surface area contributed by atoms with E-state index in [1.54, 1.807) is 22.7 Å². The van der Waals surface area contributed by atoms with Crippen LogP contribution in [0.15, 0.2) is 115 Å². The molecule has 0 bridgehead atoms. The van der Waals surface area contributed by atoms with Crippen LogP contribution in [0.3, 0.4) is 0 Å². The number of H-pyrrole nitrogens is 1. The molecule has 8 heterocycles. The van der Waals surface area contributed by atoms with Gasteiger partial charge in [-0.25, -0.2) is 29.9 Å². The van der Waals surface area contributed by atoms with Crippen LogP contribution < -0.4 is 21.3 Å². The first kappa shape index (κ1) is 47.6. The number of fused-ring (bicyclic) bond motifs is 2. The van der Waals surface area contributed by atoms with Gasteiger partial charge >= 0.3 is 11.6 Å². The van der Waals surface area contributed by atoms with Gasteiger partial charge in [0.05, 0.1) is 16.9 Å². The standard InChI is InChI=1S/C29H30N6S.C23H26N6S.O2S/c1-19-16-31-28(33-21-11-12-29(2,3)32-17-21)34-26(19)24-18-35(22-7-5-4-6-8-22)25-15-20(9-10-23(24)25)27-30-13-14-36-27;1-14-11-26-22(28-16-6-7-23(2,3)27-12-16)29-20(14)18-13-25-19-10-15(4-5-17(18)19)21-24-8-9-30-21;1-3-2/h4-10,13-16,18,21,32H,11-12,17H2,1-3H3,(H,31,33,34);4-5,8-11,13,16,25,27H,6-7,12H2,1-3H3,(H,26,28,29);/t21-;16-;/m00./s1. The summed E-state index contributed by atoms with van der Waals surface area (Å²) in [6.45, 7) is 15.0. The summed E-state index contributed by atoms with van der Waals surface area (Å²) in [6.07, 6.45) is 16.2. The van der Waals surface area contributed by atoms with E-state index in [4.69, 9.17) is 18.4 Å². The molecular formula is C52H56N12O2S3. The zero-order chi connectivity index (χ0) is 48.1. The van der Waals surface area contributed by atoms with E-state index in [-0.39, 0.29) is 11.1 Å². The Morgan fingerprint density at radius 3 is 1.74 bits per heavy atom. The van der Waals surface area contributed by atoms with Crippen LogP contribution in [0.1, 0.15) is 64.5 Å². The third-order valence-corrected chi connectivity index (χ3v) is 14.5. The van der Waals surface area contributed by atoms with Crippen molar-refractivity contribution < 1.29 is 8.42 Å². The Balaban J connectivity index is 0.000000165. The van der Waals surface area contributed by atoms with Gasteiger partial charge in [0.25, 0.3) is 0 Å². The predicted molar refractivity (Wildman–Crippen MR) is 282 cm³/mol. The lowest BCUT2D eigenvalue weighted by molar-refractivity contribution is 0.289. The third-order valence-electron chi connectivity index (χ3n) is 12.9. The summed E-state index contributed by atoms with van der Waals surface area (Å²) in [4.78, 5) is 31.4. The Labute approximate surface area is 413 Å². The second kappa shape index (κ2) is 20.6. The van der Waals surface area contributed by atoms with Gasteiger partial charge in [-0.15, -0.1) is 22.7 Å². The number of aromatic nitrogens is 8. The molecule has 69 heavy (non-hydrogen) atoms. The average molecular weight is 977 g/mol. The molecule has 14 nitrogen and oxygen atoms in total. The molecular weight excluding hydrogens is 921 g/mol. The maximum atomic E-state index is 8.29. The summed E-state index contributed by atoms with van der Waals surface area (Å²) in [6, 6.07) is 24.2. The fraction of sp³-hybridized carbons (Fsp3) is 0.308. The van der Waals surface area contributed by atoms with Crippen LogP contribution in [0.2, 0.25) is 0 Å². The van der Waals surface area contributed by atoms with E-state index in [2.05, 4.69) is 159 Å². The molecule has 9 aromatic rings. The van der Waals surface area contributed by atoms with Gasteiger partial charge in [0.2, 0.25) is 11.9 Å². The van der Waals surface area contributed by atoms with Crippen LogP contribution in [0, 0.1) is 13.8 Å². The van der Waals surface area contributed by atoms with Crippen LogP contribution >= 0.6 is 22.7 Å². The average Bonchev–Trinajstić information content (AvgIpc) is 4.20. The number of aromatic amines is 1. The monoisotopic (exact) mass is 976 g/mol. The van der Waals surface area contributed by atoms with Crippen molar-refractivity contribution in [2.75, 3.05) is 23.7 Å². The fourth-order valence-electron chi connectivity index (χ4n) is 8.97. The number of thiazole rings is 2. The molecule has 0 unspecified atom stereocenters. The van der Waals surface area contributed by atoms with E-state index >= 15 is 0 Å². The number of hydrogen-bond acceptors (Lipinski definition) is 14. The zero-order valence-corrected chi connectivity index (χ0v) is 42.0. The van der Waals surface area contributed by atoms with Gasteiger partial charge in [-0.3, -0.25) is 0 Å². The summed E-state index contributed by atoms with van der Waals surface area (Å²) in [5.74, 6) is 1.37. The second-order valence-corrected chi connectivity index (χ2v) is 20.9. The minimum absolute atomic E-state index is 0.189. The zero-order valence-electron chi connectivity index (χ0n) is 39.5. The molecule has 2 saturated heterocycles. The molecule has 3 aromatic carbocycles. The Hall–Kier alpha value is -6.50. The molecule has 6 aromatic heterocycles. The molecule has 2 aliphatic rings. The van der Waals surface area contributed by atoms with Crippen molar-refractivity contribution >= 4 is 67.9 Å². The Kier molecular flexibility index (Phi) is 14.2. The normalized spacial score (nSPS) is 17.3. The van der Waals surface area contributed by atoms with Gasteiger partial charge < -0.3 is 30.8 Å². The SMILES string of the molecule is Cc1cnc(N[C@H]2CCC(C)(C)NC2)nc1-c1c[nH]c2cc(-c3nccs3)ccc12.Cc1cnc(N[C@H]2CCC(C)(C)NC2)nc1-c1cn(-c2ccccc2)c2cc(-c3nccs3)ccc12.O=S=O. The number of nitrogens with zero attached hydrogens (tertiary/aromatic N) is 7. The van der Waals surface area contributed by atoms with Crippen molar-refractivity contribution in [2.45, 2.75) is 90.4 Å². The summed E-state index contributed by atoms with van der Waals surface area (Å²) in [7, 11) is 0. The molecule has 2 fully saturated rings. The molecule has 11 rings (SSSR count). The molecule has 0 saturated carbocycles. The van der Waals surface area contributed by atoms with Crippen molar-refractivity contribution in [2.24, 2.45) is 0 Å². The van der Waals surface area contributed by atoms with Gasteiger partial charge in [-0.05, 0) is 103 Å². The van der Waals surface area contributed by atoms with Crippen molar-refractivity contribution in [3.05, 3.63) is 126 Å². The van der Waals surface area contributed by atoms with Crippen molar-refractivity contribution in [3.8, 4) is 49.3 Å². The van der Waals surface area contributed by atoms with Crippen molar-refractivity contribution in [3.63, 3.8) is 0 Å². The molecule has 5 N–H and O–H groups in total. The van der Waals surface area contributed by atoms with Crippen LogP contribution in [-0.4, -0.2) is 84.1 Å². The highest BCUT2D eigenvalue weighted by Gasteiger charge is 2.28. The van der Waals surface area contributed by atoms with Crippen molar-refractivity contribution in [1.29, 1.82) is 0 Å². The molecule has 0 amide bonds. The maximum Gasteiger partial charge on any atom is 0.335 e. The smallest absolute Gasteiger partial charge is 0.335 e. The number of nitrogens with one attached hydrogen (secondary N) is 5. The minimum Gasteiger partial charge on any atom is -0.360 e. The van der Waals surface area contributed by atoms with E-state index in [1.807, 2.05) is 47.8 Å². The topological polar surface area (TPSA) is 180 Å². The Bertz CT molecular complexity index is 3200. The second-order valence-electron chi connectivity index (χ2n) is 18.9. The summed E-state index contributed by atoms with van der Waals surface area (Å²) >= 11 is 2.56. The number of para-hydroxylation sites is 1. The van der Waals surface area contributed by atoms with Crippen LogP contribution in [0.25, 0.3) is 71.2 Å². The highest BCUT2D eigenvalue weighted by atomic mass is 32.1. The first-order chi connectivity index (χ1) is 33.4. The predicted octanol–water partition coefficient (Wildman–Crippen LogP) is 10.8. The summed E-state index contributed by atoms with van der Waals surface area (Å²) in [5.41, 5.74) is 12.2. The van der Waals surface area contributed by atoms with Gasteiger partial charge in [-0.2, -0.15) is 8.42 Å². The Morgan fingerprint density at radius 1 is 0.681 bits per heavy atom. The van der Waals surface area contributed by atoms with Gasteiger partial charge in [0.15, 0.2) is 0 Å².